The Balaban J connectivity index is 1.91. The Labute approximate surface area is 105 Å². The summed E-state index contributed by atoms with van der Waals surface area (Å²) in [6, 6.07) is 3.98. The van der Waals surface area contributed by atoms with Crippen LogP contribution in [0.5, 0.6) is 0 Å². The van der Waals surface area contributed by atoms with E-state index in [4.69, 9.17) is 11.6 Å². The quantitative estimate of drug-likeness (QED) is 0.749. The molecule has 1 fully saturated rings. The minimum Gasteiger partial charge on any atom is -0.302 e. The van der Waals surface area contributed by atoms with Gasteiger partial charge in [0, 0.05) is 24.0 Å². The van der Waals surface area contributed by atoms with E-state index in [1.54, 1.807) is 0 Å². The van der Waals surface area contributed by atoms with E-state index < -0.39 is 11.6 Å². The maximum absolute atomic E-state index is 13.4. The molecule has 0 atom stereocenters. The Morgan fingerprint density at radius 3 is 2.41 bits per heavy atom. The van der Waals surface area contributed by atoms with Gasteiger partial charge in [0.1, 0.15) is 11.6 Å². The van der Waals surface area contributed by atoms with E-state index in [-0.39, 0.29) is 5.56 Å². The van der Waals surface area contributed by atoms with Crippen molar-refractivity contribution in [1.29, 1.82) is 0 Å². The lowest BCUT2D eigenvalue weighted by atomic mass is 9.84. The van der Waals surface area contributed by atoms with Gasteiger partial charge in [-0.1, -0.05) is 6.07 Å². The molecule has 0 radical (unpaired) electrons. The van der Waals surface area contributed by atoms with E-state index in [0.717, 1.165) is 19.4 Å². The molecule has 0 amide bonds. The molecule has 0 spiro atoms. The van der Waals surface area contributed by atoms with Crippen molar-refractivity contribution in [1.82, 2.24) is 4.90 Å². The smallest absolute Gasteiger partial charge is 0.130 e. The van der Waals surface area contributed by atoms with Crippen LogP contribution in [0.3, 0.4) is 0 Å². The summed E-state index contributed by atoms with van der Waals surface area (Å²) in [6.45, 7) is 1.15. The first-order valence-corrected chi connectivity index (χ1v) is 6.25. The summed E-state index contributed by atoms with van der Waals surface area (Å²) in [5.41, 5.74) is 0.150. The van der Waals surface area contributed by atoms with Crippen molar-refractivity contribution < 1.29 is 8.78 Å². The zero-order valence-corrected chi connectivity index (χ0v) is 10.6. The molecule has 1 aliphatic rings. The van der Waals surface area contributed by atoms with Gasteiger partial charge in [0.05, 0.1) is 0 Å². The number of hydrogen-bond acceptors (Lipinski definition) is 1. The van der Waals surface area contributed by atoms with Gasteiger partial charge in [-0.2, -0.15) is 0 Å². The van der Waals surface area contributed by atoms with Crippen molar-refractivity contribution in [3.8, 4) is 0 Å². The second kappa shape index (κ2) is 5.32. The van der Waals surface area contributed by atoms with Gasteiger partial charge in [-0.3, -0.25) is 0 Å². The molecule has 0 aliphatic heterocycles. The average molecular weight is 260 g/mol. The van der Waals surface area contributed by atoms with Crippen LogP contribution in [0.4, 0.5) is 8.78 Å². The number of halogens is 3. The van der Waals surface area contributed by atoms with E-state index >= 15 is 0 Å². The average Bonchev–Trinajstić information content (AvgIpc) is 2.21. The molecule has 0 saturated heterocycles. The highest BCUT2D eigenvalue weighted by atomic mass is 35.5. The van der Waals surface area contributed by atoms with Crippen LogP contribution in [0, 0.1) is 17.6 Å². The molecule has 1 aliphatic carbocycles. The van der Waals surface area contributed by atoms with Crippen LogP contribution in [0.15, 0.2) is 18.2 Å². The first kappa shape index (κ1) is 12.8. The van der Waals surface area contributed by atoms with Gasteiger partial charge in [-0.15, -0.1) is 11.6 Å². The molecule has 1 aromatic carbocycles. The summed E-state index contributed by atoms with van der Waals surface area (Å²) in [5, 5.41) is 0.290. The van der Waals surface area contributed by atoms with Crippen LogP contribution < -0.4 is 0 Å². The van der Waals surface area contributed by atoms with Crippen LogP contribution in [0.2, 0.25) is 0 Å². The Kier molecular flexibility index (Phi) is 4.00. The van der Waals surface area contributed by atoms with Gasteiger partial charge in [0.15, 0.2) is 0 Å². The molecule has 94 valence electrons. The maximum Gasteiger partial charge on any atom is 0.130 e. The summed E-state index contributed by atoms with van der Waals surface area (Å²) in [6.07, 6.45) is 2.01. The van der Waals surface area contributed by atoms with Gasteiger partial charge in [0.2, 0.25) is 0 Å². The first-order chi connectivity index (χ1) is 8.06. The zero-order valence-electron chi connectivity index (χ0n) is 9.80. The van der Waals surface area contributed by atoms with Crippen LogP contribution in [0.25, 0.3) is 0 Å². The SMILES string of the molecule is CN(Cc1c(F)cccc1F)CC1CC(Cl)C1. The summed E-state index contributed by atoms with van der Waals surface area (Å²) in [4.78, 5) is 1.95. The van der Waals surface area contributed by atoms with Gasteiger partial charge in [-0.25, -0.2) is 8.78 Å². The fraction of sp³-hybridized carbons (Fsp3) is 0.538. The fourth-order valence-electron chi connectivity index (χ4n) is 2.26. The molecule has 1 aromatic rings. The third-order valence-corrected chi connectivity index (χ3v) is 3.59. The highest BCUT2D eigenvalue weighted by Crippen LogP contribution is 2.32. The molecule has 0 aromatic heterocycles. The number of nitrogens with zero attached hydrogens (tertiary/aromatic N) is 1. The van der Waals surface area contributed by atoms with Crippen LogP contribution in [0.1, 0.15) is 18.4 Å². The van der Waals surface area contributed by atoms with Crippen LogP contribution in [-0.4, -0.2) is 23.9 Å². The minimum absolute atomic E-state index is 0.150. The molecule has 17 heavy (non-hydrogen) atoms. The van der Waals surface area contributed by atoms with Gasteiger partial charge >= 0.3 is 0 Å². The number of hydrogen-bond donors (Lipinski definition) is 0. The van der Waals surface area contributed by atoms with Crippen LogP contribution in [-0.2, 0) is 6.54 Å². The molecule has 4 heteroatoms. The lowest BCUT2D eigenvalue weighted by Crippen LogP contribution is -2.34. The van der Waals surface area contributed by atoms with E-state index in [0.29, 0.717) is 17.8 Å². The van der Waals surface area contributed by atoms with E-state index in [2.05, 4.69) is 0 Å². The molecule has 0 bridgehead atoms. The second-order valence-electron chi connectivity index (χ2n) is 4.83. The van der Waals surface area contributed by atoms with Gasteiger partial charge in [0.25, 0.3) is 0 Å². The zero-order chi connectivity index (χ0) is 12.4. The van der Waals surface area contributed by atoms with Gasteiger partial charge < -0.3 is 4.90 Å². The lowest BCUT2D eigenvalue weighted by molar-refractivity contribution is 0.201. The predicted molar refractivity (Wildman–Crippen MR) is 65.1 cm³/mol. The Morgan fingerprint density at radius 2 is 1.88 bits per heavy atom. The van der Waals surface area contributed by atoms with E-state index in [1.807, 2.05) is 11.9 Å². The molecular weight excluding hydrogens is 244 g/mol. The summed E-state index contributed by atoms with van der Waals surface area (Å²) in [7, 11) is 1.88. The summed E-state index contributed by atoms with van der Waals surface area (Å²) < 4.78 is 26.8. The van der Waals surface area contributed by atoms with Gasteiger partial charge in [-0.05, 0) is 37.9 Å². The van der Waals surface area contributed by atoms with Crippen molar-refractivity contribution >= 4 is 11.6 Å². The van der Waals surface area contributed by atoms with Crippen molar-refractivity contribution in [2.24, 2.45) is 5.92 Å². The Morgan fingerprint density at radius 1 is 1.29 bits per heavy atom. The topological polar surface area (TPSA) is 3.24 Å². The standard InChI is InChI=1S/C13H16ClF2N/c1-17(7-9-5-10(14)6-9)8-11-12(15)3-2-4-13(11)16/h2-4,9-10H,5-8H2,1H3. The van der Waals surface area contributed by atoms with Crippen LogP contribution >= 0.6 is 11.6 Å². The molecule has 1 saturated carbocycles. The van der Waals surface area contributed by atoms with Crippen molar-refractivity contribution in [2.45, 2.75) is 24.8 Å². The maximum atomic E-state index is 13.4. The van der Waals surface area contributed by atoms with Crippen molar-refractivity contribution in [3.63, 3.8) is 0 Å². The second-order valence-corrected chi connectivity index (χ2v) is 5.45. The third kappa shape index (κ3) is 3.17. The largest absolute Gasteiger partial charge is 0.302 e. The number of alkyl halides is 1. The monoisotopic (exact) mass is 259 g/mol. The Hall–Kier alpha value is -0.670. The number of rotatable bonds is 4. The highest BCUT2D eigenvalue weighted by molar-refractivity contribution is 6.21. The predicted octanol–water partition coefficient (Wildman–Crippen LogP) is 3.41. The molecule has 0 unspecified atom stereocenters. The molecule has 0 N–H and O–H groups in total. The third-order valence-electron chi connectivity index (χ3n) is 3.24. The minimum atomic E-state index is -0.472. The van der Waals surface area contributed by atoms with Crippen molar-refractivity contribution in [2.75, 3.05) is 13.6 Å². The fourth-order valence-corrected chi connectivity index (χ4v) is 2.77. The summed E-state index contributed by atoms with van der Waals surface area (Å²) >= 11 is 5.90. The first-order valence-electron chi connectivity index (χ1n) is 5.81. The molecule has 2 rings (SSSR count). The molecular formula is C13H16ClF2N. The van der Waals surface area contributed by atoms with E-state index in [1.165, 1.54) is 18.2 Å². The molecule has 0 heterocycles. The summed E-state index contributed by atoms with van der Waals surface area (Å²) in [5.74, 6) is -0.376. The highest BCUT2D eigenvalue weighted by Gasteiger charge is 2.28. The van der Waals surface area contributed by atoms with E-state index in [9.17, 15) is 8.78 Å². The lowest BCUT2D eigenvalue weighted by Gasteiger charge is -2.34. The Bertz CT molecular complexity index is 371. The number of benzene rings is 1. The van der Waals surface area contributed by atoms with Crippen molar-refractivity contribution in [3.05, 3.63) is 35.4 Å². The molecule has 1 nitrogen and oxygen atoms in total. The normalized spacial score (nSPS) is 23.8.